The number of aromatic carboxylic acids is 3. The zero-order valence-electron chi connectivity index (χ0n) is 11.9. The fraction of sp³-hybridized carbons (Fsp3) is 0. The normalized spacial score (nSPS) is 10.0. The van der Waals surface area contributed by atoms with Crippen LogP contribution in [-0.4, -0.2) is 39.2 Å². The lowest BCUT2D eigenvalue weighted by molar-refractivity contribution is 0.0650. The van der Waals surface area contributed by atoms with Gasteiger partial charge < -0.3 is 20.1 Å². The van der Waals surface area contributed by atoms with E-state index in [4.69, 9.17) is 20.1 Å². The number of benzene rings is 2. The van der Waals surface area contributed by atoms with Crippen LogP contribution in [0, 0.1) is 0 Å². The Labute approximate surface area is 134 Å². The molecule has 8 nitrogen and oxygen atoms in total. The van der Waals surface area contributed by atoms with Gasteiger partial charge in [0.15, 0.2) is 0 Å². The minimum Gasteiger partial charge on any atom is -0.478 e. The van der Waals surface area contributed by atoms with Crippen LogP contribution in [0.1, 0.15) is 41.4 Å². The first-order valence-electron chi connectivity index (χ1n) is 6.45. The molecule has 0 spiro atoms. The average molecular weight is 330 g/mol. The fourth-order valence-corrected chi connectivity index (χ4v) is 1.90. The van der Waals surface area contributed by atoms with Gasteiger partial charge in [-0.25, -0.2) is 19.2 Å². The van der Waals surface area contributed by atoms with Crippen molar-refractivity contribution < 1.29 is 39.2 Å². The lowest BCUT2D eigenvalue weighted by Crippen LogP contribution is -2.12. The summed E-state index contributed by atoms with van der Waals surface area (Å²) >= 11 is 0. The summed E-state index contributed by atoms with van der Waals surface area (Å²) in [5.74, 6) is -5.22. The monoisotopic (exact) mass is 330 g/mol. The van der Waals surface area contributed by atoms with Crippen LogP contribution in [0.2, 0.25) is 0 Å². The highest BCUT2D eigenvalue weighted by molar-refractivity contribution is 6.02. The number of carboxylic acids is 3. The van der Waals surface area contributed by atoms with Gasteiger partial charge in [-0.1, -0.05) is 6.07 Å². The molecule has 0 unspecified atom stereocenters. The summed E-state index contributed by atoms with van der Waals surface area (Å²) < 4.78 is 4.97. The van der Waals surface area contributed by atoms with Crippen molar-refractivity contribution in [1.82, 2.24) is 0 Å². The molecule has 0 heterocycles. The second-order valence-corrected chi connectivity index (χ2v) is 4.59. The molecule has 8 heteroatoms. The van der Waals surface area contributed by atoms with E-state index in [1.54, 1.807) is 0 Å². The molecule has 0 atom stereocenters. The molecule has 0 aromatic heterocycles. The molecule has 0 fully saturated rings. The molecular weight excluding hydrogens is 320 g/mol. The first kappa shape index (κ1) is 16.7. The lowest BCUT2D eigenvalue weighted by atomic mass is 10.1. The molecule has 3 N–H and O–H groups in total. The van der Waals surface area contributed by atoms with Crippen LogP contribution >= 0.6 is 0 Å². The highest BCUT2D eigenvalue weighted by Gasteiger charge is 2.18. The molecule has 0 saturated heterocycles. The van der Waals surface area contributed by atoms with E-state index in [0.717, 1.165) is 24.3 Å². The maximum atomic E-state index is 12.0. The van der Waals surface area contributed by atoms with Crippen LogP contribution in [0.15, 0.2) is 42.5 Å². The van der Waals surface area contributed by atoms with Crippen molar-refractivity contribution in [3.8, 4) is 5.75 Å². The van der Waals surface area contributed by atoms with Gasteiger partial charge in [0.05, 0.1) is 22.3 Å². The number of carboxylic acid groups (broad SMARTS) is 3. The van der Waals surface area contributed by atoms with Gasteiger partial charge in [0.25, 0.3) is 0 Å². The summed E-state index contributed by atoms with van der Waals surface area (Å²) in [6.07, 6.45) is 0. The third-order valence-electron chi connectivity index (χ3n) is 3.01. The Balaban J connectivity index is 2.31. The van der Waals surface area contributed by atoms with Crippen molar-refractivity contribution in [2.45, 2.75) is 0 Å². The van der Waals surface area contributed by atoms with Gasteiger partial charge in [-0.15, -0.1) is 0 Å². The Hall–Kier alpha value is -3.68. The van der Waals surface area contributed by atoms with Crippen LogP contribution in [0.4, 0.5) is 0 Å². The molecular formula is C16H10O8. The molecule has 0 aliphatic rings. The van der Waals surface area contributed by atoms with Crippen LogP contribution in [-0.2, 0) is 0 Å². The molecule has 122 valence electrons. The second-order valence-electron chi connectivity index (χ2n) is 4.59. The number of rotatable bonds is 5. The number of hydrogen-bond acceptors (Lipinski definition) is 5. The smallest absolute Gasteiger partial charge is 0.343 e. The topological polar surface area (TPSA) is 138 Å². The minimum absolute atomic E-state index is 0.0471. The van der Waals surface area contributed by atoms with Gasteiger partial charge in [-0.05, 0) is 36.4 Å². The van der Waals surface area contributed by atoms with Crippen LogP contribution < -0.4 is 4.74 Å². The van der Waals surface area contributed by atoms with E-state index in [9.17, 15) is 19.2 Å². The number of hydrogen-bond donors (Lipinski definition) is 3. The van der Waals surface area contributed by atoms with Crippen molar-refractivity contribution in [3.63, 3.8) is 0 Å². The van der Waals surface area contributed by atoms with E-state index >= 15 is 0 Å². The quantitative estimate of drug-likeness (QED) is 0.559. The maximum Gasteiger partial charge on any atom is 0.343 e. The first-order valence-corrected chi connectivity index (χ1v) is 6.45. The van der Waals surface area contributed by atoms with E-state index in [-0.39, 0.29) is 16.9 Å². The average Bonchev–Trinajstić information content (AvgIpc) is 2.54. The number of ether oxygens (including phenoxy) is 1. The third-order valence-corrected chi connectivity index (χ3v) is 3.01. The van der Waals surface area contributed by atoms with E-state index in [0.29, 0.717) is 0 Å². The molecule has 0 aliphatic heterocycles. The van der Waals surface area contributed by atoms with Gasteiger partial charge in [0, 0.05) is 0 Å². The van der Waals surface area contributed by atoms with Crippen molar-refractivity contribution >= 4 is 23.9 Å². The van der Waals surface area contributed by atoms with Gasteiger partial charge >= 0.3 is 23.9 Å². The van der Waals surface area contributed by atoms with E-state index < -0.39 is 35.0 Å². The van der Waals surface area contributed by atoms with Gasteiger partial charge in [0.2, 0.25) is 0 Å². The van der Waals surface area contributed by atoms with Gasteiger partial charge in [-0.2, -0.15) is 0 Å². The van der Waals surface area contributed by atoms with Gasteiger partial charge in [0.1, 0.15) is 5.75 Å². The molecule has 0 radical (unpaired) electrons. The number of esters is 1. The first-order chi connectivity index (χ1) is 11.3. The molecule has 0 saturated carbocycles. The molecule has 0 aliphatic carbocycles. The molecule has 2 rings (SSSR count). The Kier molecular flexibility index (Phi) is 4.60. The number of carbonyl (C=O) groups excluding carboxylic acids is 1. The zero-order chi connectivity index (χ0) is 17.9. The van der Waals surface area contributed by atoms with E-state index in [1.165, 1.54) is 18.2 Å². The molecule has 2 aromatic carbocycles. The largest absolute Gasteiger partial charge is 0.478 e. The maximum absolute atomic E-state index is 12.0. The highest BCUT2D eigenvalue weighted by Crippen LogP contribution is 2.20. The predicted octanol–water partition coefficient (Wildman–Crippen LogP) is 2.00. The second kappa shape index (κ2) is 6.61. The summed E-state index contributed by atoms with van der Waals surface area (Å²) in [6.45, 7) is 0. The standard InChI is InChI=1S/C16H10O8/c17-13(18)8-2-1-3-9(6-8)16(23)24-10-4-5-11(14(19)20)12(7-10)15(21)22/h1-7H,(H,17,18)(H,19,20)(H,21,22). The summed E-state index contributed by atoms with van der Waals surface area (Å²) in [4.78, 5) is 44.9. The molecule has 0 amide bonds. The SMILES string of the molecule is O=C(O)c1cccc(C(=O)Oc2ccc(C(=O)O)c(C(=O)O)c2)c1. The lowest BCUT2D eigenvalue weighted by Gasteiger charge is -2.07. The minimum atomic E-state index is -1.49. The molecule has 0 bridgehead atoms. The van der Waals surface area contributed by atoms with Crippen molar-refractivity contribution in [3.05, 3.63) is 64.7 Å². The van der Waals surface area contributed by atoms with Crippen LogP contribution in [0.3, 0.4) is 0 Å². The fourth-order valence-electron chi connectivity index (χ4n) is 1.90. The van der Waals surface area contributed by atoms with Crippen LogP contribution in [0.5, 0.6) is 5.75 Å². The Morgan fingerprint density at radius 2 is 1.33 bits per heavy atom. The van der Waals surface area contributed by atoms with Crippen molar-refractivity contribution in [2.24, 2.45) is 0 Å². The Morgan fingerprint density at radius 1 is 0.708 bits per heavy atom. The zero-order valence-corrected chi connectivity index (χ0v) is 11.9. The molecule has 2 aromatic rings. The summed E-state index contributed by atoms with van der Waals surface area (Å²) in [5, 5.41) is 26.8. The number of carbonyl (C=O) groups is 4. The molecule has 24 heavy (non-hydrogen) atoms. The Morgan fingerprint density at radius 3 is 1.92 bits per heavy atom. The van der Waals surface area contributed by atoms with Crippen molar-refractivity contribution in [1.29, 1.82) is 0 Å². The van der Waals surface area contributed by atoms with E-state index in [2.05, 4.69) is 0 Å². The van der Waals surface area contributed by atoms with Crippen molar-refractivity contribution in [2.75, 3.05) is 0 Å². The summed E-state index contributed by atoms with van der Waals surface area (Å²) in [7, 11) is 0. The van der Waals surface area contributed by atoms with E-state index in [1.807, 2.05) is 0 Å². The highest BCUT2D eigenvalue weighted by atomic mass is 16.5. The predicted molar refractivity (Wildman–Crippen MR) is 78.7 cm³/mol. The summed E-state index contributed by atoms with van der Waals surface area (Å²) in [6, 6.07) is 8.13. The van der Waals surface area contributed by atoms with Crippen LogP contribution in [0.25, 0.3) is 0 Å². The summed E-state index contributed by atoms with van der Waals surface area (Å²) in [5.41, 5.74) is -1.15. The van der Waals surface area contributed by atoms with Gasteiger partial charge in [-0.3, -0.25) is 0 Å². The third kappa shape index (κ3) is 3.55. The Bertz CT molecular complexity index is 853.